The lowest BCUT2D eigenvalue weighted by Gasteiger charge is -2.08. The van der Waals surface area contributed by atoms with Gasteiger partial charge in [0.2, 0.25) is 0 Å². The molecule has 1 aliphatic rings. The molecular formula is C14H21NO. The molecule has 0 bridgehead atoms. The van der Waals surface area contributed by atoms with Crippen LogP contribution in [0.25, 0.3) is 0 Å². The summed E-state index contributed by atoms with van der Waals surface area (Å²) in [6, 6.07) is 10.1. The fourth-order valence-electron chi connectivity index (χ4n) is 2.20. The Morgan fingerprint density at radius 1 is 1.19 bits per heavy atom. The predicted octanol–water partition coefficient (Wildman–Crippen LogP) is 2.85. The van der Waals surface area contributed by atoms with E-state index in [2.05, 4.69) is 5.32 Å². The molecule has 1 N–H and O–H groups in total. The number of hydrogen-bond acceptors (Lipinski definition) is 2. The van der Waals surface area contributed by atoms with E-state index in [0.717, 1.165) is 18.3 Å². The van der Waals surface area contributed by atoms with Crippen molar-refractivity contribution in [3.8, 4) is 5.75 Å². The van der Waals surface area contributed by atoms with Crippen LogP contribution in [-0.2, 0) is 0 Å². The van der Waals surface area contributed by atoms with Crippen molar-refractivity contribution in [1.29, 1.82) is 0 Å². The van der Waals surface area contributed by atoms with Gasteiger partial charge >= 0.3 is 0 Å². The van der Waals surface area contributed by atoms with Crippen LogP contribution in [-0.4, -0.2) is 19.7 Å². The zero-order valence-corrected chi connectivity index (χ0v) is 9.82. The van der Waals surface area contributed by atoms with Gasteiger partial charge in [0.25, 0.3) is 0 Å². The molecule has 88 valence electrons. The summed E-state index contributed by atoms with van der Waals surface area (Å²) in [7, 11) is 0. The van der Waals surface area contributed by atoms with E-state index in [1.807, 2.05) is 30.3 Å². The molecule has 0 radical (unpaired) electrons. The summed E-state index contributed by atoms with van der Waals surface area (Å²) in [5, 5.41) is 3.41. The summed E-state index contributed by atoms with van der Waals surface area (Å²) in [6.45, 7) is 3.29. The summed E-state index contributed by atoms with van der Waals surface area (Å²) in [5.41, 5.74) is 0. The Balaban J connectivity index is 1.52. The van der Waals surface area contributed by atoms with Crippen LogP contribution in [0, 0.1) is 5.92 Å². The van der Waals surface area contributed by atoms with Gasteiger partial charge < -0.3 is 10.1 Å². The maximum atomic E-state index is 5.66. The minimum Gasteiger partial charge on any atom is -0.494 e. The SMILES string of the molecule is c1ccc(OCCCCC2CCNC2)cc1. The Hall–Kier alpha value is -1.02. The van der Waals surface area contributed by atoms with Crippen molar-refractivity contribution in [2.75, 3.05) is 19.7 Å². The van der Waals surface area contributed by atoms with Gasteiger partial charge in [-0.05, 0) is 56.8 Å². The van der Waals surface area contributed by atoms with Crippen LogP contribution in [0.15, 0.2) is 30.3 Å². The normalized spacial score (nSPS) is 19.9. The molecule has 0 aromatic heterocycles. The number of benzene rings is 1. The van der Waals surface area contributed by atoms with Crippen molar-refractivity contribution in [3.63, 3.8) is 0 Å². The van der Waals surface area contributed by atoms with E-state index >= 15 is 0 Å². The van der Waals surface area contributed by atoms with Crippen LogP contribution in [0.5, 0.6) is 5.75 Å². The number of hydrogen-bond donors (Lipinski definition) is 1. The van der Waals surface area contributed by atoms with Gasteiger partial charge in [-0.25, -0.2) is 0 Å². The fraction of sp³-hybridized carbons (Fsp3) is 0.571. The van der Waals surface area contributed by atoms with Crippen LogP contribution >= 0.6 is 0 Å². The minimum atomic E-state index is 0.851. The second-order valence-electron chi connectivity index (χ2n) is 4.52. The van der Waals surface area contributed by atoms with Gasteiger partial charge in [0, 0.05) is 0 Å². The van der Waals surface area contributed by atoms with Crippen molar-refractivity contribution >= 4 is 0 Å². The average Bonchev–Trinajstić information content (AvgIpc) is 2.83. The molecule has 1 aliphatic heterocycles. The second kappa shape index (κ2) is 6.54. The Morgan fingerprint density at radius 3 is 2.81 bits per heavy atom. The van der Waals surface area contributed by atoms with E-state index in [-0.39, 0.29) is 0 Å². The molecule has 1 aromatic rings. The largest absolute Gasteiger partial charge is 0.494 e. The van der Waals surface area contributed by atoms with Crippen molar-refractivity contribution in [2.45, 2.75) is 25.7 Å². The number of para-hydroxylation sites is 1. The number of nitrogens with one attached hydrogen (secondary N) is 1. The van der Waals surface area contributed by atoms with Crippen molar-refractivity contribution < 1.29 is 4.74 Å². The quantitative estimate of drug-likeness (QED) is 0.743. The summed E-state index contributed by atoms with van der Waals surface area (Å²) >= 11 is 0. The highest BCUT2D eigenvalue weighted by Gasteiger charge is 2.13. The van der Waals surface area contributed by atoms with Gasteiger partial charge in [-0.15, -0.1) is 0 Å². The molecule has 1 saturated heterocycles. The maximum Gasteiger partial charge on any atom is 0.119 e. The highest BCUT2D eigenvalue weighted by molar-refractivity contribution is 5.20. The first kappa shape index (κ1) is 11.5. The van der Waals surface area contributed by atoms with Gasteiger partial charge in [-0.3, -0.25) is 0 Å². The van der Waals surface area contributed by atoms with Crippen LogP contribution in [0.3, 0.4) is 0 Å². The molecule has 0 saturated carbocycles. The molecule has 2 nitrogen and oxygen atoms in total. The van der Waals surface area contributed by atoms with Gasteiger partial charge in [-0.2, -0.15) is 0 Å². The van der Waals surface area contributed by atoms with Gasteiger partial charge in [-0.1, -0.05) is 18.2 Å². The Kier molecular flexibility index (Phi) is 4.69. The third-order valence-corrected chi connectivity index (χ3v) is 3.18. The third-order valence-electron chi connectivity index (χ3n) is 3.18. The Morgan fingerprint density at radius 2 is 2.06 bits per heavy atom. The van der Waals surface area contributed by atoms with E-state index in [0.29, 0.717) is 0 Å². The minimum absolute atomic E-state index is 0.851. The highest BCUT2D eigenvalue weighted by atomic mass is 16.5. The summed E-state index contributed by atoms with van der Waals surface area (Å²) in [6.07, 6.45) is 5.18. The standard InChI is InChI=1S/C14H21NO/c1-2-7-14(8-3-1)16-11-5-4-6-13-9-10-15-12-13/h1-3,7-8,13,15H,4-6,9-12H2. The topological polar surface area (TPSA) is 21.3 Å². The molecule has 1 atom stereocenters. The Labute approximate surface area is 98.0 Å². The molecule has 0 aliphatic carbocycles. The second-order valence-corrected chi connectivity index (χ2v) is 4.52. The zero-order valence-electron chi connectivity index (χ0n) is 9.82. The van der Waals surface area contributed by atoms with Gasteiger partial charge in [0.1, 0.15) is 5.75 Å². The first-order chi connectivity index (χ1) is 7.95. The van der Waals surface area contributed by atoms with E-state index in [1.54, 1.807) is 0 Å². The molecule has 2 heteroatoms. The van der Waals surface area contributed by atoms with Crippen LogP contribution in [0.2, 0.25) is 0 Å². The molecular weight excluding hydrogens is 198 g/mol. The lowest BCUT2D eigenvalue weighted by Crippen LogP contribution is -2.09. The fourth-order valence-corrected chi connectivity index (χ4v) is 2.20. The number of unbranched alkanes of at least 4 members (excludes halogenated alkanes) is 1. The van der Waals surface area contributed by atoms with Crippen LogP contribution < -0.4 is 10.1 Å². The number of ether oxygens (including phenoxy) is 1. The van der Waals surface area contributed by atoms with Crippen molar-refractivity contribution in [2.24, 2.45) is 5.92 Å². The third kappa shape index (κ3) is 3.86. The van der Waals surface area contributed by atoms with E-state index in [4.69, 9.17) is 4.74 Å². The molecule has 0 amide bonds. The first-order valence-corrected chi connectivity index (χ1v) is 6.34. The molecule has 16 heavy (non-hydrogen) atoms. The molecule has 0 spiro atoms. The molecule has 1 aromatic carbocycles. The van der Waals surface area contributed by atoms with Crippen molar-refractivity contribution in [1.82, 2.24) is 5.32 Å². The average molecular weight is 219 g/mol. The number of rotatable bonds is 6. The Bertz CT molecular complexity index is 280. The van der Waals surface area contributed by atoms with E-state index in [9.17, 15) is 0 Å². The van der Waals surface area contributed by atoms with E-state index < -0.39 is 0 Å². The van der Waals surface area contributed by atoms with Crippen LogP contribution in [0.4, 0.5) is 0 Å². The predicted molar refractivity (Wildman–Crippen MR) is 66.8 cm³/mol. The lowest BCUT2D eigenvalue weighted by atomic mass is 10.0. The zero-order chi connectivity index (χ0) is 11.1. The van der Waals surface area contributed by atoms with Gasteiger partial charge in [0.05, 0.1) is 6.61 Å². The first-order valence-electron chi connectivity index (χ1n) is 6.34. The van der Waals surface area contributed by atoms with Gasteiger partial charge in [0.15, 0.2) is 0 Å². The smallest absolute Gasteiger partial charge is 0.119 e. The van der Waals surface area contributed by atoms with Crippen molar-refractivity contribution in [3.05, 3.63) is 30.3 Å². The summed E-state index contributed by atoms with van der Waals surface area (Å²) < 4.78 is 5.66. The van der Waals surface area contributed by atoms with Crippen LogP contribution in [0.1, 0.15) is 25.7 Å². The molecule has 2 rings (SSSR count). The maximum absolute atomic E-state index is 5.66. The monoisotopic (exact) mass is 219 g/mol. The summed E-state index contributed by atoms with van der Waals surface area (Å²) in [5.74, 6) is 1.90. The van der Waals surface area contributed by atoms with E-state index in [1.165, 1.54) is 38.8 Å². The lowest BCUT2D eigenvalue weighted by molar-refractivity contribution is 0.300. The molecule has 1 unspecified atom stereocenters. The molecule has 1 heterocycles. The summed E-state index contributed by atoms with van der Waals surface area (Å²) in [4.78, 5) is 0. The highest BCUT2D eigenvalue weighted by Crippen LogP contribution is 2.16. The molecule has 1 fully saturated rings.